The van der Waals surface area contributed by atoms with Gasteiger partial charge < -0.3 is 20.5 Å². The maximum absolute atomic E-state index is 12.2. The molecule has 4 atom stereocenters. The Bertz CT molecular complexity index is 722. The van der Waals surface area contributed by atoms with Crippen LogP contribution in [0.1, 0.15) is 16.9 Å². The lowest BCUT2D eigenvalue weighted by Crippen LogP contribution is -2.47. The van der Waals surface area contributed by atoms with E-state index in [1.807, 2.05) is 24.3 Å². The molecule has 4 rings (SSSR count). The minimum Gasteiger partial charge on any atom is -0.486 e. The lowest BCUT2D eigenvalue weighted by molar-refractivity contribution is 0.0848. The molecule has 0 saturated heterocycles. The number of fused-ring (bicyclic) bond motifs is 2. The number of carbonyl (C=O) groups is 1. The van der Waals surface area contributed by atoms with Gasteiger partial charge in [-0.1, -0.05) is 18.2 Å². The highest BCUT2D eigenvalue weighted by Crippen LogP contribution is 2.37. The highest BCUT2D eigenvalue weighted by Gasteiger charge is 2.47. The summed E-state index contributed by atoms with van der Waals surface area (Å²) in [7, 11) is 0. The van der Waals surface area contributed by atoms with Crippen molar-refractivity contribution in [2.24, 2.45) is 0 Å². The minimum absolute atomic E-state index is 0.172. The number of benzene rings is 1. The fraction of sp³-hybridized carbons (Fsp3) is 0.294. The maximum Gasteiger partial charge on any atom is 0.270 e. The largest absolute Gasteiger partial charge is 0.486 e. The summed E-state index contributed by atoms with van der Waals surface area (Å²) in [4.78, 5) is 16.3. The molecule has 23 heavy (non-hydrogen) atoms. The Morgan fingerprint density at radius 3 is 2.91 bits per heavy atom. The third-order valence-electron chi connectivity index (χ3n) is 4.37. The van der Waals surface area contributed by atoms with E-state index in [0.717, 1.165) is 11.4 Å². The number of pyridine rings is 1. The van der Waals surface area contributed by atoms with Crippen LogP contribution < -0.4 is 15.4 Å². The Morgan fingerprint density at radius 1 is 1.26 bits per heavy atom. The number of ether oxygens (including phenoxy) is 1. The van der Waals surface area contributed by atoms with Crippen molar-refractivity contribution >= 4 is 11.6 Å². The van der Waals surface area contributed by atoms with Gasteiger partial charge in [0.25, 0.3) is 5.91 Å². The quantitative estimate of drug-likeness (QED) is 0.776. The summed E-state index contributed by atoms with van der Waals surface area (Å²) < 4.78 is 5.95. The van der Waals surface area contributed by atoms with E-state index in [2.05, 4.69) is 15.6 Å². The Balaban J connectivity index is 1.48. The molecule has 1 saturated carbocycles. The second-order valence-electron chi connectivity index (χ2n) is 5.84. The van der Waals surface area contributed by atoms with Gasteiger partial charge in [-0.25, -0.2) is 0 Å². The van der Waals surface area contributed by atoms with E-state index < -0.39 is 6.10 Å². The van der Waals surface area contributed by atoms with Crippen molar-refractivity contribution in [3.05, 3.63) is 54.4 Å². The smallest absolute Gasteiger partial charge is 0.270 e. The van der Waals surface area contributed by atoms with Crippen LogP contribution in [0.2, 0.25) is 0 Å². The molecule has 2 aliphatic rings. The first-order chi connectivity index (χ1) is 11.2. The van der Waals surface area contributed by atoms with Gasteiger partial charge in [0, 0.05) is 12.6 Å². The molecule has 6 nitrogen and oxygen atoms in total. The first kappa shape index (κ1) is 14.0. The number of aliphatic hydroxyl groups is 1. The zero-order valence-electron chi connectivity index (χ0n) is 12.3. The number of amides is 1. The lowest BCUT2D eigenvalue weighted by Gasteiger charge is -2.31. The molecule has 0 radical (unpaired) electrons. The van der Waals surface area contributed by atoms with Crippen molar-refractivity contribution in [3.8, 4) is 5.75 Å². The van der Waals surface area contributed by atoms with Crippen LogP contribution in [0.5, 0.6) is 5.75 Å². The summed E-state index contributed by atoms with van der Waals surface area (Å²) in [6.45, 7) is 0. The fourth-order valence-electron chi connectivity index (χ4n) is 3.22. The number of nitrogens with zero attached hydrogens (tertiary/aromatic N) is 1. The SMILES string of the molecule is O=C(N[C@@H]1C[C@H]2Oc3ccccc3N[C@H]2[C@@H]1O)c1ccccn1. The minimum atomic E-state index is -0.721. The molecule has 2 aromatic rings. The number of nitrogens with one attached hydrogen (secondary N) is 2. The van der Waals surface area contributed by atoms with E-state index >= 15 is 0 Å². The van der Waals surface area contributed by atoms with Gasteiger partial charge in [-0.3, -0.25) is 9.78 Å². The van der Waals surface area contributed by atoms with E-state index in [0.29, 0.717) is 12.1 Å². The van der Waals surface area contributed by atoms with Crippen LogP contribution in [0.3, 0.4) is 0 Å². The van der Waals surface area contributed by atoms with Gasteiger partial charge in [0.15, 0.2) is 0 Å². The molecule has 1 fully saturated rings. The van der Waals surface area contributed by atoms with E-state index in [1.165, 1.54) is 0 Å². The van der Waals surface area contributed by atoms with Gasteiger partial charge in [0.1, 0.15) is 17.5 Å². The number of aliphatic hydroxyl groups excluding tert-OH is 1. The molecule has 0 unspecified atom stereocenters. The standard InChI is InChI=1S/C17H17N3O3/c21-16-12(20-17(22)11-6-3-4-8-18-11)9-14-15(16)19-10-5-1-2-7-13(10)23-14/h1-8,12,14-16,19,21H,9H2,(H,20,22)/t12-,14-,15-,16-/m1/s1. The zero-order chi connectivity index (χ0) is 15.8. The molecule has 118 valence electrons. The third-order valence-corrected chi connectivity index (χ3v) is 4.37. The molecule has 6 heteroatoms. The van der Waals surface area contributed by atoms with E-state index in [1.54, 1.807) is 24.4 Å². The van der Waals surface area contributed by atoms with Gasteiger partial charge in [-0.05, 0) is 24.3 Å². The lowest BCUT2D eigenvalue weighted by atomic mass is 10.1. The van der Waals surface area contributed by atoms with Crippen molar-refractivity contribution in [2.75, 3.05) is 5.32 Å². The molecule has 0 bridgehead atoms. The second kappa shape index (κ2) is 5.55. The predicted molar refractivity (Wildman–Crippen MR) is 84.4 cm³/mol. The molecule has 2 heterocycles. The summed E-state index contributed by atoms with van der Waals surface area (Å²) in [5.41, 5.74) is 1.20. The van der Waals surface area contributed by atoms with Crippen LogP contribution in [0, 0.1) is 0 Å². The van der Waals surface area contributed by atoms with Crippen LogP contribution in [-0.2, 0) is 0 Å². The molecular weight excluding hydrogens is 294 g/mol. The normalized spacial score (nSPS) is 28.0. The monoisotopic (exact) mass is 311 g/mol. The molecular formula is C17H17N3O3. The van der Waals surface area contributed by atoms with Gasteiger partial charge in [-0.15, -0.1) is 0 Å². The van der Waals surface area contributed by atoms with Crippen LogP contribution >= 0.6 is 0 Å². The molecule has 1 aromatic carbocycles. The zero-order valence-corrected chi connectivity index (χ0v) is 12.3. The van der Waals surface area contributed by atoms with Crippen molar-refractivity contribution in [1.29, 1.82) is 0 Å². The highest BCUT2D eigenvalue weighted by atomic mass is 16.5. The molecule has 1 aromatic heterocycles. The van der Waals surface area contributed by atoms with Crippen LogP contribution in [0.15, 0.2) is 48.7 Å². The molecule has 0 spiro atoms. The molecule has 3 N–H and O–H groups in total. The van der Waals surface area contributed by atoms with Crippen molar-refractivity contribution in [1.82, 2.24) is 10.3 Å². The van der Waals surface area contributed by atoms with Crippen molar-refractivity contribution < 1.29 is 14.6 Å². The van der Waals surface area contributed by atoms with Gasteiger partial charge >= 0.3 is 0 Å². The number of carbonyl (C=O) groups excluding carboxylic acids is 1. The predicted octanol–water partition coefficient (Wildman–Crippen LogP) is 1.19. The molecule has 1 aliphatic carbocycles. The molecule has 1 amide bonds. The van der Waals surface area contributed by atoms with Crippen LogP contribution in [0.25, 0.3) is 0 Å². The van der Waals surface area contributed by atoms with Crippen molar-refractivity contribution in [2.45, 2.75) is 30.7 Å². The van der Waals surface area contributed by atoms with Crippen LogP contribution in [-0.4, -0.2) is 40.3 Å². The summed E-state index contributed by atoms with van der Waals surface area (Å²) in [5, 5.41) is 16.7. The summed E-state index contributed by atoms with van der Waals surface area (Å²) >= 11 is 0. The van der Waals surface area contributed by atoms with Crippen molar-refractivity contribution in [3.63, 3.8) is 0 Å². The highest BCUT2D eigenvalue weighted by molar-refractivity contribution is 5.92. The number of anilines is 1. The Morgan fingerprint density at radius 2 is 2.09 bits per heavy atom. The number of hydrogen-bond acceptors (Lipinski definition) is 5. The van der Waals surface area contributed by atoms with Crippen LogP contribution in [0.4, 0.5) is 5.69 Å². The second-order valence-corrected chi connectivity index (χ2v) is 5.84. The maximum atomic E-state index is 12.2. The summed E-state index contributed by atoms with van der Waals surface area (Å²) in [5.74, 6) is 0.489. The van der Waals surface area contributed by atoms with E-state index in [9.17, 15) is 9.90 Å². The first-order valence-electron chi connectivity index (χ1n) is 7.64. The number of hydrogen-bond donors (Lipinski definition) is 3. The van der Waals surface area contributed by atoms with E-state index in [-0.39, 0.29) is 24.1 Å². The number of para-hydroxylation sites is 2. The summed E-state index contributed by atoms with van der Waals surface area (Å²) in [6.07, 6.45) is 1.22. The Kier molecular flexibility index (Phi) is 3.38. The van der Waals surface area contributed by atoms with Gasteiger partial charge in [0.2, 0.25) is 0 Å². The molecule has 1 aliphatic heterocycles. The van der Waals surface area contributed by atoms with Gasteiger partial charge in [0.05, 0.1) is 23.9 Å². The number of aromatic nitrogens is 1. The van der Waals surface area contributed by atoms with E-state index in [4.69, 9.17) is 4.74 Å². The average Bonchev–Trinajstić information content (AvgIpc) is 2.89. The number of rotatable bonds is 2. The average molecular weight is 311 g/mol. The Labute approximate surface area is 133 Å². The Hall–Kier alpha value is -2.60. The fourth-order valence-corrected chi connectivity index (χ4v) is 3.22. The third kappa shape index (κ3) is 2.51. The topological polar surface area (TPSA) is 83.5 Å². The first-order valence-corrected chi connectivity index (χ1v) is 7.64. The van der Waals surface area contributed by atoms with Gasteiger partial charge in [-0.2, -0.15) is 0 Å². The summed E-state index contributed by atoms with van der Waals surface area (Å²) in [6, 6.07) is 12.2.